The van der Waals surface area contributed by atoms with Gasteiger partial charge in [0.1, 0.15) is 0 Å². The van der Waals surface area contributed by atoms with Crippen LogP contribution in [-0.4, -0.2) is 17.5 Å². The number of unbranched alkanes of at least 4 members (excludes halogenated alkanes) is 4. The molecule has 0 unspecified atom stereocenters. The fraction of sp³-hybridized carbons (Fsp3) is 1.00. The zero-order valence-corrected chi connectivity index (χ0v) is 13.8. The number of rotatable bonds is 8. The van der Waals surface area contributed by atoms with Gasteiger partial charge in [0.05, 0.1) is 11.7 Å². The normalized spacial score (nSPS) is 30.5. The van der Waals surface area contributed by atoms with Crippen LogP contribution in [0.1, 0.15) is 92.4 Å². The molecule has 0 aliphatic carbocycles. The summed E-state index contributed by atoms with van der Waals surface area (Å²) in [6.07, 6.45) is 11.5. The predicted octanol–water partition coefficient (Wildman–Crippen LogP) is 5.45. The van der Waals surface area contributed by atoms with Gasteiger partial charge in [-0.1, -0.05) is 52.4 Å². The Labute approximate surface area is 120 Å². The maximum Gasteiger partial charge on any atom is 0.163 e. The SMILES string of the molecule is CCCCCC[C@H]1C[C@@](C)(CCCC)OC(C)(C)O1. The molecule has 0 spiro atoms. The van der Waals surface area contributed by atoms with Gasteiger partial charge in [-0.05, 0) is 33.6 Å². The van der Waals surface area contributed by atoms with Gasteiger partial charge in [-0.25, -0.2) is 0 Å². The van der Waals surface area contributed by atoms with Gasteiger partial charge >= 0.3 is 0 Å². The van der Waals surface area contributed by atoms with E-state index in [0.717, 1.165) is 12.8 Å². The Morgan fingerprint density at radius 2 is 1.63 bits per heavy atom. The lowest BCUT2D eigenvalue weighted by Gasteiger charge is -2.47. The first kappa shape index (κ1) is 17.0. The summed E-state index contributed by atoms with van der Waals surface area (Å²) in [5.41, 5.74) is 0.00713. The second kappa shape index (κ2) is 7.64. The van der Waals surface area contributed by atoms with Crippen LogP contribution in [0, 0.1) is 0 Å². The molecule has 1 saturated heterocycles. The lowest BCUT2D eigenvalue weighted by atomic mass is 9.88. The molecule has 0 N–H and O–H groups in total. The Kier molecular flexibility index (Phi) is 6.82. The molecule has 0 bridgehead atoms. The molecule has 0 aromatic heterocycles. The van der Waals surface area contributed by atoms with Crippen molar-refractivity contribution in [2.45, 2.75) is 110 Å². The molecule has 0 radical (unpaired) electrons. The number of hydrogen-bond acceptors (Lipinski definition) is 2. The molecule has 114 valence electrons. The Morgan fingerprint density at radius 3 is 2.26 bits per heavy atom. The summed E-state index contributed by atoms with van der Waals surface area (Å²) in [6.45, 7) is 10.9. The Bertz CT molecular complexity index is 250. The van der Waals surface area contributed by atoms with Crippen LogP contribution in [0.3, 0.4) is 0 Å². The second-order valence-electron chi connectivity index (χ2n) is 6.85. The third kappa shape index (κ3) is 6.27. The fourth-order valence-electron chi connectivity index (χ4n) is 3.25. The van der Waals surface area contributed by atoms with Crippen LogP contribution in [0.2, 0.25) is 0 Å². The second-order valence-corrected chi connectivity index (χ2v) is 6.85. The molecule has 1 aliphatic heterocycles. The Morgan fingerprint density at radius 1 is 0.947 bits per heavy atom. The van der Waals surface area contributed by atoms with Gasteiger partial charge in [-0.15, -0.1) is 0 Å². The van der Waals surface area contributed by atoms with E-state index >= 15 is 0 Å². The van der Waals surface area contributed by atoms with Crippen molar-refractivity contribution in [3.63, 3.8) is 0 Å². The van der Waals surface area contributed by atoms with E-state index in [0.29, 0.717) is 6.10 Å². The molecule has 1 heterocycles. The lowest BCUT2D eigenvalue weighted by Crippen LogP contribution is -2.50. The van der Waals surface area contributed by atoms with Crippen molar-refractivity contribution in [3.8, 4) is 0 Å². The average Bonchev–Trinajstić information content (AvgIpc) is 2.30. The minimum atomic E-state index is -0.420. The third-order valence-corrected chi connectivity index (χ3v) is 4.04. The van der Waals surface area contributed by atoms with Gasteiger partial charge in [0.25, 0.3) is 0 Å². The summed E-state index contributed by atoms with van der Waals surface area (Å²) in [5.74, 6) is -0.420. The third-order valence-electron chi connectivity index (χ3n) is 4.04. The first-order valence-electron chi connectivity index (χ1n) is 8.29. The minimum Gasteiger partial charge on any atom is -0.347 e. The van der Waals surface area contributed by atoms with E-state index < -0.39 is 5.79 Å². The average molecular weight is 270 g/mol. The maximum atomic E-state index is 6.20. The molecular weight excluding hydrogens is 236 g/mol. The molecule has 2 heteroatoms. The van der Waals surface area contributed by atoms with Crippen LogP contribution >= 0.6 is 0 Å². The van der Waals surface area contributed by atoms with Crippen LogP contribution in [0.5, 0.6) is 0 Å². The highest BCUT2D eigenvalue weighted by atomic mass is 16.7. The van der Waals surface area contributed by atoms with Crippen molar-refractivity contribution in [1.82, 2.24) is 0 Å². The Balaban J connectivity index is 2.48. The van der Waals surface area contributed by atoms with E-state index in [2.05, 4.69) is 34.6 Å². The van der Waals surface area contributed by atoms with Crippen LogP contribution in [0.15, 0.2) is 0 Å². The largest absolute Gasteiger partial charge is 0.347 e. The van der Waals surface area contributed by atoms with E-state index in [9.17, 15) is 0 Å². The van der Waals surface area contributed by atoms with Crippen LogP contribution < -0.4 is 0 Å². The van der Waals surface area contributed by atoms with E-state index in [4.69, 9.17) is 9.47 Å². The highest BCUT2D eigenvalue weighted by molar-refractivity contribution is 4.86. The first-order valence-corrected chi connectivity index (χ1v) is 8.29. The molecular formula is C17H34O2. The zero-order chi connectivity index (χ0) is 14.4. The van der Waals surface area contributed by atoms with Crippen molar-refractivity contribution >= 4 is 0 Å². The number of ether oxygens (including phenoxy) is 2. The molecule has 1 fully saturated rings. The van der Waals surface area contributed by atoms with Crippen molar-refractivity contribution in [2.75, 3.05) is 0 Å². The van der Waals surface area contributed by atoms with Gasteiger partial charge < -0.3 is 9.47 Å². The van der Waals surface area contributed by atoms with Crippen molar-refractivity contribution in [1.29, 1.82) is 0 Å². The van der Waals surface area contributed by atoms with E-state index in [1.165, 1.54) is 44.9 Å². The molecule has 0 amide bonds. The van der Waals surface area contributed by atoms with Crippen LogP contribution in [-0.2, 0) is 9.47 Å². The molecule has 0 saturated carbocycles. The maximum absolute atomic E-state index is 6.20. The molecule has 0 aromatic carbocycles. The van der Waals surface area contributed by atoms with Gasteiger partial charge in [-0.2, -0.15) is 0 Å². The summed E-state index contributed by atoms with van der Waals surface area (Å²) in [6, 6.07) is 0. The summed E-state index contributed by atoms with van der Waals surface area (Å²) in [7, 11) is 0. The zero-order valence-electron chi connectivity index (χ0n) is 13.8. The standard InChI is InChI=1S/C17H34O2/c1-6-8-10-11-12-15-14-17(5,13-9-7-2)19-16(3,4)18-15/h15H,6-14H2,1-5H3/t15-,17+/m0/s1. The molecule has 1 rings (SSSR count). The predicted molar refractivity (Wildman–Crippen MR) is 81.3 cm³/mol. The van der Waals surface area contributed by atoms with Crippen LogP contribution in [0.25, 0.3) is 0 Å². The van der Waals surface area contributed by atoms with Gasteiger partial charge in [0, 0.05) is 6.42 Å². The van der Waals surface area contributed by atoms with E-state index in [1.807, 2.05) is 0 Å². The number of hydrogen-bond donors (Lipinski definition) is 0. The fourth-order valence-corrected chi connectivity index (χ4v) is 3.25. The van der Waals surface area contributed by atoms with Gasteiger partial charge in [0.2, 0.25) is 0 Å². The van der Waals surface area contributed by atoms with Gasteiger partial charge in [0.15, 0.2) is 5.79 Å². The highest BCUT2D eigenvalue weighted by Gasteiger charge is 2.42. The molecule has 2 atom stereocenters. The smallest absolute Gasteiger partial charge is 0.163 e. The van der Waals surface area contributed by atoms with E-state index in [-0.39, 0.29) is 5.60 Å². The molecule has 2 nitrogen and oxygen atoms in total. The summed E-state index contributed by atoms with van der Waals surface area (Å²) in [5, 5.41) is 0. The van der Waals surface area contributed by atoms with Crippen molar-refractivity contribution < 1.29 is 9.47 Å². The topological polar surface area (TPSA) is 18.5 Å². The summed E-state index contributed by atoms with van der Waals surface area (Å²) >= 11 is 0. The Hall–Kier alpha value is -0.0800. The molecule has 0 aromatic rings. The molecule has 19 heavy (non-hydrogen) atoms. The van der Waals surface area contributed by atoms with Gasteiger partial charge in [-0.3, -0.25) is 0 Å². The van der Waals surface area contributed by atoms with Crippen molar-refractivity contribution in [3.05, 3.63) is 0 Å². The quantitative estimate of drug-likeness (QED) is 0.546. The van der Waals surface area contributed by atoms with E-state index in [1.54, 1.807) is 0 Å². The van der Waals surface area contributed by atoms with Crippen molar-refractivity contribution in [2.24, 2.45) is 0 Å². The summed E-state index contributed by atoms with van der Waals surface area (Å²) in [4.78, 5) is 0. The lowest BCUT2D eigenvalue weighted by molar-refractivity contribution is -0.331. The summed E-state index contributed by atoms with van der Waals surface area (Å²) < 4.78 is 12.3. The monoisotopic (exact) mass is 270 g/mol. The first-order chi connectivity index (χ1) is 8.91. The minimum absolute atomic E-state index is 0.00713. The highest BCUT2D eigenvalue weighted by Crippen LogP contribution is 2.38. The van der Waals surface area contributed by atoms with Crippen LogP contribution in [0.4, 0.5) is 0 Å². The molecule has 1 aliphatic rings.